The molecule has 3 aromatic rings. The van der Waals surface area contributed by atoms with E-state index in [2.05, 4.69) is 36.2 Å². The maximum Gasteiger partial charge on any atom is 0.213 e. The van der Waals surface area contributed by atoms with Crippen LogP contribution in [0.15, 0.2) is 71.8 Å². The van der Waals surface area contributed by atoms with E-state index >= 15 is 0 Å². The van der Waals surface area contributed by atoms with Gasteiger partial charge in [0.15, 0.2) is 0 Å². The molecule has 5 rings (SSSR count). The fourth-order valence-electron chi connectivity index (χ4n) is 3.83. The number of halogens is 2. The molecular formula is C23H18Cl2N2O. The highest BCUT2D eigenvalue weighted by atomic mass is 35.5. The maximum atomic E-state index is 6.37. The quantitative estimate of drug-likeness (QED) is 0.480. The number of hydrogen-bond acceptors (Lipinski definition) is 3. The Labute approximate surface area is 174 Å². The zero-order valence-electron chi connectivity index (χ0n) is 15.3. The van der Waals surface area contributed by atoms with Crippen LogP contribution in [0.4, 0.5) is 0 Å². The summed E-state index contributed by atoms with van der Waals surface area (Å²) in [5.74, 6) is 0.865. The van der Waals surface area contributed by atoms with Gasteiger partial charge in [0.25, 0.3) is 0 Å². The van der Waals surface area contributed by atoms with Crippen molar-refractivity contribution in [3.63, 3.8) is 0 Å². The van der Waals surface area contributed by atoms with Gasteiger partial charge in [0.1, 0.15) is 5.75 Å². The van der Waals surface area contributed by atoms with Gasteiger partial charge in [-0.05, 0) is 42.8 Å². The van der Waals surface area contributed by atoms with Gasteiger partial charge in [-0.1, -0.05) is 65.2 Å². The molecule has 0 amide bonds. The van der Waals surface area contributed by atoms with E-state index in [1.807, 2.05) is 42.5 Å². The lowest BCUT2D eigenvalue weighted by Crippen LogP contribution is -2.33. The van der Waals surface area contributed by atoms with Crippen LogP contribution < -0.4 is 4.74 Å². The van der Waals surface area contributed by atoms with Gasteiger partial charge in [0.05, 0.1) is 11.8 Å². The van der Waals surface area contributed by atoms with Crippen molar-refractivity contribution in [2.24, 2.45) is 5.10 Å². The van der Waals surface area contributed by atoms with E-state index in [-0.39, 0.29) is 12.3 Å². The van der Waals surface area contributed by atoms with Crippen molar-refractivity contribution in [1.82, 2.24) is 5.01 Å². The monoisotopic (exact) mass is 408 g/mol. The third-order valence-corrected chi connectivity index (χ3v) is 5.78. The second-order valence-corrected chi connectivity index (χ2v) is 8.09. The van der Waals surface area contributed by atoms with E-state index < -0.39 is 0 Å². The minimum atomic E-state index is -0.274. The number of hydrazone groups is 1. The van der Waals surface area contributed by atoms with Crippen LogP contribution in [0.3, 0.4) is 0 Å². The van der Waals surface area contributed by atoms with Crippen molar-refractivity contribution < 1.29 is 4.74 Å². The van der Waals surface area contributed by atoms with Crippen LogP contribution in [0, 0.1) is 6.92 Å². The molecule has 0 fully saturated rings. The second-order valence-electron chi connectivity index (χ2n) is 7.22. The molecule has 0 radical (unpaired) electrons. The van der Waals surface area contributed by atoms with Gasteiger partial charge in [-0.15, -0.1) is 0 Å². The topological polar surface area (TPSA) is 24.8 Å². The van der Waals surface area contributed by atoms with Crippen molar-refractivity contribution in [3.05, 3.63) is 99.0 Å². The lowest BCUT2D eigenvalue weighted by Gasteiger charge is -2.38. The molecule has 3 nitrogen and oxygen atoms in total. The number of rotatable bonds is 2. The molecule has 0 aliphatic carbocycles. The Bertz CT molecular complexity index is 1060. The summed E-state index contributed by atoms with van der Waals surface area (Å²) in [5, 5.41) is 8.45. The Morgan fingerprint density at radius 3 is 2.39 bits per heavy atom. The van der Waals surface area contributed by atoms with Crippen LogP contribution in [0.1, 0.15) is 40.9 Å². The van der Waals surface area contributed by atoms with Crippen LogP contribution in [0.5, 0.6) is 5.75 Å². The molecular weight excluding hydrogens is 391 g/mol. The number of benzene rings is 3. The summed E-state index contributed by atoms with van der Waals surface area (Å²) in [6.45, 7) is 2.08. The van der Waals surface area contributed by atoms with Crippen molar-refractivity contribution in [2.45, 2.75) is 25.6 Å². The fourth-order valence-corrected chi connectivity index (χ4v) is 4.13. The van der Waals surface area contributed by atoms with Crippen molar-refractivity contribution in [2.75, 3.05) is 0 Å². The van der Waals surface area contributed by atoms with E-state index in [1.165, 1.54) is 5.56 Å². The predicted molar refractivity (Wildman–Crippen MR) is 113 cm³/mol. The molecule has 2 heterocycles. The third-order valence-electron chi connectivity index (χ3n) is 5.29. The fraction of sp³-hybridized carbons (Fsp3) is 0.174. The highest BCUT2D eigenvalue weighted by Gasteiger charge is 2.41. The smallest absolute Gasteiger partial charge is 0.213 e. The zero-order chi connectivity index (χ0) is 19.3. The molecule has 0 spiro atoms. The van der Waals surface area contributed by atoms with E-state index in [0.717, 1.165) is 39.6 Å². The van der Waals surface area contributed by atoms with Gasteiger partial charge in [-0.2, -0.15) is 5.10 Å². The van der Waals surface area contributed by atoms with Crippen LogP contribution >= 0.6 is 23.2 Å². The Morgan fingerprint density at radius 2 is 1.64 bits per heavy atom. The Hall–Kier alpha value is -2.49. The molecule has 0 bridgehead atoms. The minimum absolute atomic E-state index is 0.0828. The molecule has 0 N–H and O–H groups in total. The summed E-state index contributed by atoms with van der Waals surface area (Å²) in [6.07, 6.45) is 0.518. The molecule has 2 aliphatic heterocycles. The number of aryl methyl sites for hydroxylation is 1. The summed E-state index contributed by atoms with van der Waals surface area (Å²) in [5.41, 5.74) is 5.47. The van der Waals surface area contributed by atoms with Crippen molar-refractivity contribution in [3.8, 4) is 5.75 Å². The van der Waals surface area contributed by atoms with Gasteiger partial charge >= 0.3 is 0 Å². The molecule has 2 atom stereocenters. The Balaban J connectivity index is 1.59. The molecule has 2 unspecified atom stereocenters. The van der Waals surface area contributed by atoms with Crippen molar-refractivity contribution >= 4 is 28.9 Å². The minimum Gasteiger partial charge on any atom is -0.464 e. The predicted octanol–water partition coefficient (Wildman–Crippen LogP) is 6.54. The number of hydrogen-bond donors (Lipinski definition) is 0. The zero-order valence-corrected chi connectivity index (χ0v) is 16.8. The largest absolute Gasteiger partial charge is 0.464 e. The van der Waals surface area contributed by atoms with Gasteiger partial charge in [-0.25, -0.2) is 5.01 Å². The van der Waals surface area contributed by atoms with E-state index in [4.69, 9.17) is 33.0 Å². The summed E-state index contributed by atoms with van der Waals surface area (Å²) in [6, 6.07) is 22.1. The van der Waals surface area contributed by atoms with E-state index in [1.54, 1.807) is 0 Å². The number of nitrogens with zero attached hydrogens (tertiary/aromatic N) is 2. The average Bonchev–Trinajstić information content (AvgIpc) is 3.14. The summed E-state index contributed by atoms with van der Waals surface area (Å²) < 4.78 is 6.37. The van der Waals surface area contributed by atoms with Crippen molar-refractivity contribution in [1.29, 1.82) is 0 Å². The molecule has 0 saturated heterocycles. The maximum absolute atomic E-state index is 6.37. The average molecular weight is 409 g/mol. The van der Waals surface area contributed by atoms with Gasteiger partial charge in [0, 0.05) is 27.6 Å². The van der Waals surface area contributed by atoms with Crippen LogP contribution in [0.2, 0.25) is 10.0 Å². The van der Waals surface area contributed by atoms with Gasteiger partial charge in [0.2, 0.25) is 6.23 Å². The number of fused-ring (bicyclic) bond motifs is 3. The van der Waals surface area contributed by atoms with Gasteiger partial charge < -0.3 is 4.74 Å². The number of ether oxygens (including phenoxy) is 1. The van der Waals surface area contributed by atoms with E-state index in [9.17, 15) is 0 Å². The summed E-state index contributed by atoms with van der Waals surface area (Å²) in [7, 11) is 0. The third kappa shape index (κ3) is 3.05. The lowest BCUT2D eigenvalue weighted by molar-refractivity contribution is -0.0190. The summed E-state index contributed by atoms with van der Waals surface area (Å²) >= 11 is 12.3. The molecule has 0 saturated carbocycles. The second kappa shape index (κ2) is 6.84. The Morgan fingerprint density at radius 1 is 0.929 bits per heavy atom. The standard InChI is InChI=1S/C23H18Cl2N2O/c1-14-2-4-16(5-3-14)23-27-21(19-12-18(25)10-11-22(19)28-23)13-20(26-27)15-6-8-17(24)9-7-15/h2-12,21,23H,13H2,1H3. The first-order valence-corrected chi connectivity index (χ1v) is 9.98. The molecule has 5 heteroatoms. The lowest BCUT2D eigenvalue weighted by atomic mass is 9.96. The first-order chi connectivity index (χ1) is 13.6. The van der Waals surface area contributed by atoms with Crippen LogP contribution in [0.25, 0.3) is 0 Å². The van der Waals surface area contributed by atoms with Gasteiger partial charge in [-0.3, -0.25) is 0 Å². The first-order valence-electron chi connectivity index (χ1n) is 9.23. The molecule has 140 valence electrons. The first kappa shape index (κ1) is 17.6. The SMILES string of the molecule is Cc1ccc(C2Oc3ccc(Cl)cc3C3CC(c4ccc(Cl)cc4)=NN32)cc1. The molecule has 2 aliphatic rings. The molecule has 28 heavy (non-hydrogen) atoms. The summed E-state index contributed by atoms with van der Waals surface area (Å²) in [4.78, 5) is 0. The normalized spacial score (nSPS) is 20.2. The van der Waals surface area contributed by atoms with E-state index in [0.29, 0.717) is 5.02 Å². The van der Waals surface area contributed by atoms with Crippen LogP contribution in [-0.2, 0) is 0 Å². The molecule has 3 aromatic carbocycles. The molecule has 0 aromatic heterocycles. The van der Waals surface area contributed by atoms with Crippen LogP contribution in [-0.4, -0.2) is 10.7 Å². The Kier molecular flexibility index (Phi) is 4.30. The highest BCUT2D eigenvalue weighted by molar-refractivity contribution is 6.31. The highest BCUT2D eigenvalue weighted by Crippen LogP contribution is 2.48.